The van der Waals surface area contributed by atoms with Crippen LogP contribution in [-0.4, -0.2) is 14.9 Å². The molecule has 1 aromatic heterocycles. The number of aryl methyl sites for hydroxylation is 1. The maximum absolute atomic E-state index is 10.5. The molecule has 3 aromatic rings. The molecule has 0 spiro atoms. The standard InChI is InChI=1S/C22H22ClN3O/c1-14-21(16-9-10-17(12-24)20(23)11-16)15(2)26(25-14)13-18-7-5-6-8-19(18)22(3,4)27/h5-11,27H,13H2,1-4H3. The van der Waals surface area contributed by atoms with E-state index in [4.69, 9.17) is 22.0 Å². The highest BCUT2D eigenvalue weighted by Crippen LogP contribution is 2.31. The van der Waals surface area contributed by atoms with Crippen LogP contribution in [0, 0.1) is 25.2 Å². The van der Waals surface area contributed by atoms with Gasteiger partial charge in [0.2, 0.25) is 0 Å². The molecule has 0 fully saturated rings. The van der Waals surface area contributed by atoms with Crippen LogP contribution in [0.5, 0.6) is 0 Å². The van der Waals surface area contributed by atoms with Crippen LogP contribution >= 0.6 is 11.6 Å². The van der Waals surface area contributed by atoms with Crippen LogP contribution in [0.3, 0.4) is 0 Å². The fourth-order valence-corrected chi connectivity index (χ4v) is 3.67. The van der Waals surface area contributed by atoms with Gasteiger partial charge in [0.1, 0.15) is 6.07 Å². The summed E-state index contributed by atoms with van der Waals surface area (Å²) in [6.07, 6.45) is 0. The maximum atomic E-state index is 10.5. The summed E-state index contributed by atoms with van der Waals surface area (Å²) in [7, 11) is 0. The van der Waals surface area contributed by atoms with Gasteiger partial charge in [-0.3, -0.25) is 4.68 Å². The van der Waals surface area contributed by atoms with E-state index in [0.29, 0.717) is 17.1 Å². The van der Waals surface area contributed by atoms with Gasteiger partial charge in [-0.15, -0.1) is 0 Å². The highest BCUT2D eigenvalue weighted by atomic mass is 35.5. The minimum Gasteiger partial charge on any atom is -0.386 e. The fourth-order valence-electron chi connectivity index (χ4n) is 3.45. The summed E-state index contributed by atoms with van der Waals surface area (Å²) in [5.41, 5.74) is 5.32. The van der Waals surface area contributed by atoms with Crippen molar-refractivity contribution in [3.8, 4) is 17.2 Å². The van der Waals surface area contributed by atoms with E-state index in [9.17, 15) is 5.11 Å². The predicted molar refractivity (Wildman–Crippen MR) is 108 cm³/mol. The van der Waals surface area contributed by atoms with E-state index in [1.54, 1.807) is 19.9 Å². The molecule has 4 nitrogen and oxygen atoms in total. The van der Waals surface area contributed by atoms with Crippen molar-refractivity contribution >= 4 is 11.6 Å². The highest BCUT2D eigenvalue weighted by Gasteiger charge is 2.21. The second-order valence-corrected chi connectivity index (χ2v) is 7.63. The van der Waals surface area contributed by atoms with Gasteiger partial charge >= 0.3 is 0 Å². The zero-order valence-electron chi connectivity index (χ0n) is 15.9. The minimum atomic E-state index is -0.920. The van der Waals surface area contributed by atoms with Crippen LogP contribution < -0.4 is 0 Å². The van der Waals surface area contributed by atoms with E-state index < -0.39 is 5.60 Å². The van der Waals surface area contributed by atoms with Crippen molar-refractivity contribution in [3.63, 3.8) is 0 Å². The molecular formula is C22H22ClN3O. The number of hydrogen-bond acceptors (Lipinski definition) is 3. The molecule has 0 aliphatic heterocycles. The van der Waals surface area contributed by atoms with Crippen molar-refractivity contribution in [1.29, 1.82) is 5.26 Å². The van der Waals surface area contributed by atoms with Gasteiger partial charge in [0.05, 0.1) is 28.4 Å². The Morgan fingerprint density at radius 2 is 1.89 bits per heavy atom. The number of rotatable bonds is 4. The molecule has 1 N–H and O–H groups in total. The van der Waals surface area contributed by atoms with Gasteiger partial charge in [0.25, 0.3) is 0 Å². The van der Waals surface area contributed by atoms with Crippen molar-refractivity contribution in [2.75, 3.05) is 0 Å². The van der Waals surface area contributed by atoms with Crippen molar-refractivity contribution in [2.45, 2.75) is 39.8 Å². The molecule has 138 valence electrons. The number of hydrogen-bond donors (Lipinski definition) is 1. The molecule has 3 rings (SSSR count). The molecule has 1 heterocycles. The van der Waals surface area contributed by atoms with Gasteiger partial charge < -0.3 is 5.11 Å². The highest BCUT2D eigenvalue weighted by molar-refractivity contribution is 6.32. The van der Waals surface area contributed by atoms with Gasteiger partial charge in [-0.25, -0.2) is 0 Å². The topological polar surface area (TPSA) is 61.8 Å². The minimum absolute atomic E-state index is 0.439. The zero-order chi connectivity index (χ0) is 19.8. The van der Waals surface area contributed by atoms with Crippen LogP contribution in [-0.2, 0) is 12.1 Å². The lowest BCUT2D eigenvalue weighted by Crippen LogP contribution is -2.19. The summed E-state index contributed by atoms with van der Waals surface area (Å²) in [5.74, 6) is 0. The normalized spacial score (nSPS) is 11.4. The molecular weight excluding hydrogens is 358 g/mol. The van der Waals surface area contributed by atoms with Crippen LogP contribution in [0.1, 0.15) is 41.9 Å². The quantitative estimate of drug-likeness (QED) is 0.696. The molecule has 0 saturated carbocycles. The Labute approximate surface area is 164 Å². The molecule has 0 aliphatic rings. The van der Waals surface area contributed by atoms with E-state index in [2.05, 4.69) is 6.07 Å². The van der Waals surface area contributed by atoms with Gasteiger partial charge in [-0.05, 0) is 56.5 Å². The number of nitrogens with zero attached hydrogens (tertiary/aromatic N) is 3. The number of aromatic nitrogens is 2. The first kappa shape index (κ1) is 19.2. The number of benzene rings is 2. The third-order valence-electron chi connectivity index (χ3n) is 4.76. The first-order chi connectivity index (χ1) is 12.7. The average molecular weight is 380 g/mol. The van der Waals surface area contributed by atoms with Crippen molar-refractivity contribution in [3.05, 3.63) is 75.6 Å². The Hall–Kier alpha value is -2.61. The van der Waals surface area contributed by atoms with Crippen molar-refractivity contribution < 1.29 is 5.11 Å². The summed E-state index contributed by atoms with van der Waals surface area (Å²) >= 11 is 6.21. The van der Waals surface area contributed by atoms with Crippen molar-refractivity contribution in [2.24, 2.45) is 0 Å². The van der Waals surface area contributed by atoms with Crippen molar-refractivity contribution in [1.82, 2.24) is 9.78 Å². The second-order valence-electron chi connectivity index (χ2n) is 7.23. The van der Waals surface area contributed by atoms with E-state index in [0.717, 1.165) is 33.6 Å². The van der Waals surface area contributed by atoms with Crippen LogP contribution in [0.4, 0.5) is 0 Å². The third kappa shape index (κ3) is 3.75. The maximum Gasteiger partial charge on any atom is 0.101 e. The summed E-state index contributed by atoms with van der Waals surface area (Å²) < 4.78 is 1.95. The Morgan fingerprint density at radius 3 is 2.52 bits per heavy atom. The average Bonchev–Trinajstić information content (AvgIpc) is 2.88. The summed E-state index contributed by atoms with van der Waals surface area (Å²) in [4.78, 5) is 0. The predicted octanol–water partition coefficient (Wildman–Crippen LogP) is 4.97. The molecule has 0 aliphatic carbocycles. The Morgan fingerprint density at radius 1 is 1.19 bits per heavy atom. The summed E-state index contributed by atoms with van der Waals surface area (Å²) in [6, 6.07) is 15.4. The van der Waals surface area contributed by atoms with Crippen LogP contribution in [0.15, 0.2) is 42.5 Å². The molecule has 0 radical (unpaired) electrons. The Balaban J connectivity index is 2.04. The number of aliphatic hydroxyl groups is 1. The van der Waals surface area contributed by atoms with Gasteiger partial charge in [0.15, 0.2) is 0 Å². The zero-order valence-corrected chi connectivity index (χ0v) is 16.7. The SMILES string of the molecule is Cc1nn(Cc2ccccc2C(C)(C)O)c(C)c1-c1ccc(C#N)c(Cl)c1. The fraction of sp³-hybridized carbons (Fsp3) is 0.273. The largest absolute Gasteiger partial charge is 0.386 e. The third-order valence-corrected chi connectivity index (χ3v) is 5.07. The van der Waals surface area contributed by atoms with E-state index in [1.165, 1.54) is 0 Å². The molecule has 2 aromatic carbocycles. The summed E-state index contributed by atoms with van der Waals surface area (Å²) in [5, 5.41) is 24.7. The number of halogens is 1. The van der Waals surface area contributed by atoms with Crippen LogP contribution in [0.25, 0.3) is 11.1 Å². The molecule has 0 amide bonds. The molecule has 27 heavy (non-hydrogen) atoms. The monoisotopic (exact) mass is 379 g/mol. The smallest absolute Gasteiger partial charge is 0.101 e. The molecule has 0 saturated heterocycles. The lowest BCUT2D eigenvalue weighted by Gasteiger charge is -2.22. The second kappa shape index (κ2) is 7.19. The van der Waals surface area contributed by atoms with E-state index in [1.807, 2.05) is 54.9 Å². The first-order valence-corrected chi connectivity index (χ1v) is 9.15. The molecule has 0 unspecified atom stereocenters. The lowest BCUT2D eigenvalue weighted by atomic mass is 9.93. The first-order valence-electron chi connectivity index (χ1n) is 8.77. The Kier molecular flexibility index (Phi) is 5.10. The molecule has 0 bridgehead atoms. The molecule has 5 heteroatoms. The lowest BCUT2D eigenvalue weighted by molar-refractivity contribution is 0.0774. The molecule has 0 atom stereocenters. The van der Waals surface area contributed by atoms with Gasteiger partial charge in [-0.2, -0.15) is 10.4 Å². The van der Waals surface area contributed by atoms with Gasteiger partial charge in [0, 0.05) is 11.3 Å². The Bertz CT molecular complexity index is 1040. The summed E-state index contributed by atoms with van der Waals surface area (Å²) in [6.45, 7) is 8.13. The van der Waals surface area contributed by atoms with Gasteiger partial charge in [-0.1, -0.05) is 41.9 Å². The van der Waals surface area contributed by atoms with E-state index in [-0.39, 0.29) is 0 Å². The number of nitriles is 1. The van der Waals surface area contributed by atoms with Crippen LogP contribution in [0.2, 0.25) is 5.02 Å². The van der Waals surface area contributed by atoms with E-state index >= 15 is 0 Å².